The summed E-state index contributed by atoms with van der Waals surface area (Å²) in [5.41, 5.74) is 7.69. The maximum atomic E-state index is 12.7. The second-order valence-corrected chi connectivity index (χ2v) is 6.01. The fourth-order valence-corrected chi connectivity index (χ4v) is 2.97. The lowest BCUT2D eigenvalue weighted by Crippen LogP contribution is -2.50. The molecule has 1 atom stereocenters. The molecular formula is C21H23N2O2+. The molecule has 2 N–H and O–H groups in total. The third-order valence-electron chi connectivity index (χ3n) is 4.44. The predicted molar refractivity (Wildman–Crippen MR) is 101 cm³/mol. The molecule has 4 nitrogen and oxygen atoms in total. The van der Waals surface area contributed by atoms with Crippen LogP contribution in [0.5, 0.6) is 11.5 Å². The summed E-state index contributed by atoms with van der Waals surface area (Å²) in [6.07, 6.45) is 6.41. The minimum Gasteiger partial charge on any atom is -0.457 e. The van der Waals surface area contributed by atoms with E-state index < -0.39 is 0 Å². The van der Waals surface area contributed by atoms with E-state index in [0.29, 0.717) is 19.5 Å². The average Bonchev–Trinajstić information content (AvgIpc) is 2.69. The van der Waals surface area contributed by atoms with Crippen LogP contribution in [0.3, 0.4) is 0 Å². The van der Waals surface area contributed by atoms with E-state index in [1.807, 2.05) is 79.9 Å². The molecule has 0 saturated heterocycles. The van der Waals surface area contributed by atoms with Crippen molar-refractivity contribution in [3.05, 3.63) is 78.5 Å². The molecule has 1 aliphatic heterocycles. The van der Waals surface area contributed by atoms with Crippen LogP contribution in [0, 0.1) is 0 Å². The van der Waals surface area contributed by atoms with Crippen LogP contribution in [-0.2, 0) is 4.79 Å². The van der Waals surface area contributed by atoms with Crippen LogP contribution in [0.15, 0.2) is 78.5 Å². The third kappa shape index (κ3) is 3.55. The van der Waals surface area contributed by atoms with Crippen molar-refractivity contribution in [2.24, 2.45) is 5.73 Å². The van der Waals surface area contributed by atoms with Gasteiger partial charge in [0.15, 0.2) is 0 Å². The molecule has 0 bridgehead atoms. The van der Waals surface area contributed by atoms with Crippen molar-refractivity contribution in [1.82, 2.24) is 4.48 Å². The van der Waals surface area contributed by atoms with E-state index in [2.05, 4.69) is 0 Å². The van der Waals surface area contributed by atoms with Crippen LogP contribution in [0.4, 0.5) is 5.69 Å². The Balaban J connectivity index is 1.87. The topological polar surface area (TPSA) is 52.3 Å². The van der Waals surface area contributed by atoms with Crippen molar-refractivity contribution < 1.29 is 9.53 Å². The zero-order chi connectivity index (χ0) is 17.7. The summed E-state index contributed by atoms with van der Waals surface area (Å²) in [6, 6.07) is 17.4. The highest BCUT2D eigenvalue weighted by atomic mass is 16.5. The fraction of sp³-hybridized carbons (Fsp3) is 0.190. The van der Waals surface area contributed by atoms with Gasteiger partial charge >= 0.3 is 5.91 Å². The molecule has 0 aliphatic carbocycles. The van der Waals surface area contributed by atoms with Gasteiger partial charge in [-0.15, -0.1) is 0 Å². The van der Waals surface area contributed by atoms with Crippen LogP contribution < -0.4 is 15.0 Å². The van der Waals surface area contributed by atoms with Crippen LogP contribution in [-0.4, -0.2) is 19.0 Å². The van der Waals surface area contributed by atoms with Gasteiger partial charge in [-0.1, -0.05) is 25.1 Å². The van der Waals surface area contributed by atoms with E-state index in [4.69, 9.17) is 10.5 Å². The molecule has 0 spiro atoms. The Kier molecular flexibility index (Phi) is 5.12. The summed E-state index contributed by atoms with van der Waals surface area (Å²) in [6.45, 7) is 2.97. The normalized spacial score (nSPS) is 19.4. The van der Waals surface area contributed by atoms with Crippen molar-refractivity contribution in [1.29, 1.82) is 0 Å². The average molecular weight is 335 g/mol. The van der Waals surface area contributed by atoms with Crippen LogP contribution >= 0.6 is 0 Å². The number of hydrogen-bond acceptors (Lipinski definition) is 3. The molecule has 1 unspecified atom stereocenters. The molecule has 3 rings (SSSR count). The highest BCUT2D eigenvalue weighted by Crippen LogP contribution is 2.31. The Hall–Kier alpha value is -2.69. The predicted octanol–water partition coefficient (Wildman–Crippen LogP) is 4.14. The minimum absolute atomic E-state index is 0.153. The Morgan fingerprint density at radius 2 is 1.76 bits per heavy atom. The van der Waals surface area contributed by atoms with E-state index >= 15 is 0 Å². The number of nitrogens with zero attached hydrogens (tertiary/aromatic N) is 1. The SMILES string of the molecule is CCC(=O)[N+]1(c2ccc(Oc3ccccc3)cc2)C=CC(CN)=CC1. The van der Waals surface area contributed by atoms with Gasteiger partial charge in [-0.2, -0.15) is 4.48 Å². The molecule has 1 amide bonds. The van der Waals surface area contributed by atoms with E-state index in [-0.39, 0.29) is 10.4 Å². The first-order valence-electron chi connectivity index (χ1n) is 8.51. The van der Waals surface area contributed by atoms with Gasteiger partial charge in [0.05, 0.1) is 6.42 Å². The van der Waals surface area contributed by atoms with Gasteiger partial charge in [-0.05, 0) is 42.0 Å². The number of rotatable bonds is 5. The standard InChI is InChI=1S/C21H23N2O2/c1-2-21(24)23(14-12-17(16-22)13-15-23)18-8-10-20(11-9-18)25-19-6-4-3-5-7-19/h3-14H,2,15-16,22H2,1H3/q+1. The molecule has 25 heavy (non-hydrogen) atoms. The van der Waals surface area contributed by atoms with E-state index in [9.17, 15) is 4.79 Å². The van der Waals surface area contributed by atoms with Crippen molar-refractivity contribution in [3.63, 3.8) is 0 Å². The molecule has 0 fully saturated rings. The van der Waals surface area contributed by atoms with Crippen LogP contribution in [0.2, 0.25) is 0 Å². The summed E-state index contributed by atoms with van der Waals surface area (Å²) in [7, 11) is 0. The van der Waals surface area contributed by atoms with Gasteiger partial charge in [0.2, 0.25) is 0 Å². The van der Waals surface area contributed by atoms with Gasteiger partial charge in [0, 0.05) is 18.7 Å². The third-order valence-corrected chi connectivity index (χ3v) is 4.44. The minimum atomic E-state index is 0.153. The van der Waals surface area contributed by atoms with Crippen molar-refractivity contribution >= 4 is 11.6 Å². The fourth-order valence-electron chi connectivity index (χ4n) is 2.97. The molecule has 1 aliphatic rings. The summed E-state index contributed by atoms with van der Waals surface area (Å²) < 4.78 is 6.02. The number of para-hydroxylation sites is 1. The van der Waals surface area contributed by atoms with E-state index in [1.165, 1.54) is 0 Å². The number of amides is 1. The monoisotopic (exact) mass is 335 g/mol. The molecule has 0 radical (unpaired) electrons. The first-order valence-corrected chi connectivity index (χ1v) is 8.51. The van der Waals surface area contributed by atoms with Crippen LogP contribution in [0.25, 0.3) is 0 Å². The zero-order valence-corrected chi connectivity index (χ0v) is 14.4. The van der Waals surface area contributed by atoms with Crippen molar-refractivity contribution in [3.8, 4) is 11.5 Å². The van der Waals surface area contributed by atoms with Crippen molar-refractivity contribution in [2.45, 2.75) is 13.3 Å². The first-order chi connectivity index (χ1) is 12.2. The molecular weight excluding hydrogens is 312 g/mol. The Morgan fingerprint density at radius 3 is 2.32 bits per heavy atom. The quantitative estimate of drug-likeness (QED) is 0.836. The maximum Gasteiger partial charge on any atom is 0.323 e. The van der Waals surface area contributed by atoms with Crippen LogP contribution in [0.1, 0.15) is 13.3 Å². The van der Waals surface area contributed by atoms with Crippen molar-refractivity contribution in [2.75, 3.05) is 13.1 Å². The molecule has 0 aromatic heterocycles. The zero-order valence-electron chi connectivity index (χ0n) is 14.4. The summed E-state index contributed by atoms with van der Waals surface area (Å²) in [5.74, 6) is 1.69. The lowest BCUT2D eigenvalue weighted by atomic mass is 10.1. The number of quaternary nitrogens is 1. The Morgan fingerprint density at radius 1 is 1.08 bits per heavy atom. The van der Waals surface area contributed by atoms with Gasteiger partial charge in [-0.25, -0.2) is 4.79 Å². The number of hydrogen-bond donors (Lipinski definition) is 1. The van der Waals surface area contributed by atoms with Gasteiger partial charge in [0.25, 0.3) is 0 Å². The van der Waals surface area contributed by atoms with Gasteiger partial charge in [0.1, 0.15) is 29.9 Å². The number of carbonyl (C=O) groups is 1. The number of ether oxygens (including phenoxy) is 1. The van der Waals surface area contributed by atoms with Gasteiger partial charge in [-0.3, -0.25) is 0 Å². The number of nitrogens with two attached hydrogens (primary N) is 1. The molecule has 2 aromatic carbocycles. The van der Waals surface area contributed by atoms with Gasteiger partial charge < -0.3 is 10.5 Å². The summed E-state index contributed by atoms with van der Waals surface area (Å²) in [5, 5.41) is 0. The first kappa shape index (κ1) is 17.1. The summed E-state index contributed by atoms with van der Waals surface area (Å²) >= 11 is 0. The highest BCUT2D eigenvalue weighted by molar-refractivity contribution is 5.90. The second kappa shape index (κ2) is 7.47. The van der Waals surface area contributed by atoms with E-state index in [0.717, 1.165) is 22.8 Å². The molecule has 0 saturated carbocycles. The molecule has 4 heteroatoms. The summed E-state index contributed by atoms with van der Waals surface area (Å²) in [4.78, 5) is 12.7. The molecule has 128 valence electrons. The second-order valence-electron chi connectivity index (χ2n) is 6.01. The smallest absolute Gasteiger partial charge is 0.323 e. The number of carbonyl (C=O) groups excluding carboxylic acids is 1. The maximum absolute atomic E-state index is 12.7. The Labute approximate surface area is 148 Å². The highest BCUT2D eigenvalue weighted by Gasteiger charge is 2.36. The lowest BCUT2D eigenvalue weighted by Gasteiger charge is -2.32. The molecule has 1 heterocycles. The van der Waals surface area contributed by atoms with E-state index in [1.54, 1.807) is 0 Å². The number of benzene rings is 2. The lowest BCUT2D eigenvalue weighted by molar-refractivity contribution is -0.127. The molecule has 2 aromatic rings. The Bertz CT molecular complexity index is 794. The largest absolute Gasteiger partial charge is 0.457 e.